The number of aryl methyl sites for hydroxylation is 2. The zero-order valence-corrected chi connectivity index (χ0v) is 11.8. The predicted molar refractivity (Wildman–Crippen MR) is 79.1 cm³/mol. The van der Waals surface area contributed by atoms with Crippen LogP contribution in [0.3, 0.4) is 0 Å². The summed E-state index contributed by atoms with van der Waals surface area (Å²) in [4.78, 5) is 0. The van der Waals surface area contributed by atoms with E-state index in [0.29, 0.717) is 0 Å². The number of aliphatic hydroxyl groups excluding tert-OH is 1. The van der Waals surface area contributed by atoms with E-state index in [2.05, 4.69) is 0 Å². The molecule has 2 unspecified atom stereocenters. The molecule has 0 bridgehead atoms. The van der Waals surface area contributed by atoms with E-state index in [-0.39, 0.29) is 18.3 Å². The maximum absolute atomic E-state index is 13.3. The largest absolute Gasteiger partial charge is 0.388 e. The van der Waals surface area contributed by atoms with Crippen molar-refractivity contribution in [2.75, 3.05) is 6.54 Å². The maximum Gasteiger partial charge on any atom is 0.123 e. The second-order valence-electron chi connectivity index (χ2n) is 5.19. The quantitative estimate of drug-likeness (QED) is 0.898. The van der Waals surface area contributed by atoms with Gasteiger partial charge < -0.3 is 10.8 Å². The molecule has 2 rings (SSSR count). The van der Waals surface area contributed by atoms with Crippen LogP contribution in [0.4, 0.5) is 4.39 Å². The third-order valence-corrected chi connectivity index (χ3v) is 3.78. The topological polar surface area (TPSA) is 46.2 Å². The summed E-state index contributed by atoms with van der Waals surface area (Å²) in [6.45, 7) is 4.29. The first-order chi connectivity index (χ1) is 9.52. The van der Waals surface area contributed by atoms with Gasteiger partial charge in [-0.3, -0.25) is 0 Å². The predicted octanol–water partition coefficient (Wildman–Crippen LogP) is 3.22. The molecule has 3 heteroatoms. The lowest BCUT2D eigenvalue weighted by Gasteiger charge is -2.23. The van der Waals surface area contributed by atoms with E-state index in [4.69, 9.17) is 5.73 Å². The minimum Gasteiger partial charge on any atom is -0.388 e. The lowest BCUT2D eigenvalue weighted by molar-refractivity contribution is 0.147. The lowest BCUT2D eigenvalue weighted by Crippen LogP contribution is -2.20. The molecule has 0 aliphatic carbocycles. The third kappa shape index (κ3) is 3.06. The van der Waals surface area contributed by atoms with E-state index in [0.717, 1.165) is 16.7 Å². The summed E-state index contributed by atoms with van der Waals surface area (Å²) in [6.07, 6.45) is -0.735. The normalized spacial score (nSPS) is 14.1. The average molecular weight is 273 g/mol. The Kier molecular flexibility index (Phi) is 4.53. The molecule has 0 radical (unpaired) electrons. The van der Waals surface area contributed by atoms with Gasteiger partial charge in [0.1, 0.15) is 5.82 Å². The fourth-order valence-electron chi connectivity index (χ4n) is 2.37. The second-order valence-corrected chi connectivity index (χ2v) is 5.19. The highest BCUT2D eigenvalue weighted by Crippen LogP contribution is 2.31. The van der Waals surface area contributed by atoms with Crippen LogP contribution >= 0.6 is 0 Å². The highest BCUT2D eigenvalue weighted by molar-refractivity contribution is 5.34. The number of benzene rings is 2. The van der Waals surface area contributed by atoms with Gasteiger partial charge >= 0.3 is 0 Å². The van der Waals surface area contributed by atoms with Crippen molar-refractivity contribution in [3.8, 4) is 0 Å². The van der Waals surface area contributed by atoms with E-state index < -0.39 is 6.10 Å². The lowest BCUT2D eigenvalue weighted by atomic mass is 9.88. The van der Waals surface area contributed by atoms with Crippen LogP contribution in [0.15, 0.2) is 42.5 Å². The number of nitrogens with two attached hydrogens (primary N) is 1. The molecular formula is C17H20FNO. The van der Waals surface area contributed by atoms with Crippen LogP contribution in [-0.2, 0) is 0 Å². The van der Waals surface area contributed by atoms with Crippen molar-refractivity contribution in [2.45, 2.75) is 25.9 Å². The van der Waals surface area contributed by atoms with Gasteiger partial charge in [0, 0.05) is 12.5 Å². The number of hydrogen-bond acceptors (Lipinski definition) is 2. The fraction of sp³-hybridized carbons (Fsp3) is 0.294. The van der Waals surface area contributed by atoms with Crippen LogP contribution in [0.1, 0.15) is 34.3 Å². The van der Waals surface area contributed by atoms with E-state index in [9.17, 15) is 9.50 Å². The molecule has 20 heavy (non-hydrogen) atoms. The average Bonchev–Trinajstić information content (AvgIpc) is 2.42. The van der Waals surface area contributed by atoms with E-state index >= 15 is 0 Å². The van der Waals surface area contributed by atoms with Crippen molar-refractivity contribution in [1.82, 2.24) is 0 Å². The summed E-state index contributed by atoms with van der Waals surface area (Å²) in [6, 6.07) is 12.1. The molecular weight excluding hydrogens is 253 g/mol. The molecule has 2 atom stereocenters. The Labute approximate surface area is 119 Å². The monoisotopic (exact) mass is 273 g/mol. The first-order valence-corrected chi connectivity index (χ1v) is 6.73. The molecule has 3 N–H and O–H groups in total. The highest BCUT2D eigenvalue weighted by atomic mass is 19.1. The molecule has 0 saturated carbocycles. The molecule has 106 valence electrons. The number of aliphatic hydroxyl groups is 1. The zero-order valence-electron chi connectivity index (χ0n) is 11.8. The first kappa shape index (κ1) is 14.7. The summed E-state index contributed by atoms with van der Waals surface area (Å²) in [5.41, 5.74) is 9.61. The van der Waals surface area contributed by atoms with Gasteiger partial charge in [-0.25, -0.2) is 4.39 Å². The molecule has 0 fully saturated rings. The van der Waals surface area contributed by atoms with Crippen LogP contribution in [0.5, 0.6) is 0 Å². The smallest absolute Gasteiger partial charge is 0.123 e. The van der Waals surface area contributed by atoms with Gasteiger partial charge in [-0.15, -0.1) is 0 Å². The van der Waals surface area contributed by atoms with Crippen molar-refractivity contribution in [2.24, 2.45) is 5.73 Å². The maximum atomic E-state index is 13.3. The Hall–Kier alpha value is -1.71. The summed E-state index contributed by atoms with van der Waals surface area (Å²) in [5.74, 6) is -0.624. The Bertz CT molecular complexity index is 597. The summed E-state index contributed by atoms with van der Waals surface area (Å²) in [5, 5.41) is 10.5. The number of halogens is 1. The molecule has 0 amide bonds. The van der Waals surface area contributed by atoms with E-state index in [1.54, 1.807) is 12.1 Å². The second kappa shape index (κ2) is 6.16. The summed E-state index contributed by atoms with van der Waals surface area (Å²) >= 11 is 0. The van der Waals surface area contributed by atoms with E-state index in [1.807, 2.05) is 32.0 Å². The Morgan fingerprint density at radius 2 is 1.80 bits per heavy atom. The van der Waals surface area contributed by atoms with Crippen LogP contribution in [0.2, 0.25) is 0 Å². The van der Waals surface area contributed by atoms with Crippen molar-refractivity contribution in [3.05, 3.63) is 70.5 Å². The molecule has 2 aromatic rings. The third-order valence-electron chi connectivity index (χ3n) is 3.78. The van der Waals surface area contributed by atoms with Gasteiger partial charge in [0.2, 0.25) is 0 Å². The minimum atomic E-state index is -0.735. The number of rotatable bonds is 4. The van der Waals surface area contributed by atoms with Gasteiger partial charge in [0.05, 0.1) is 6.10 Å². The Morgan fingerprint density at radius 3 is 2.40 bits per heavy atom. The molecule has 0 saturated heterocycles. The molecule has 0 aliphatic rings. The summed E-state index contributed by atoms with van der Waals surface area (Å²) < 4.78 is 13.3. The van der Waals surface area contributed by atoms with E-state index in [1.165, 1.54) is 17.7 Å². The van der Waals surface area contributed by atoms with Crippen molar-refractivity contribution in [1.29, 1.82) is 0 Å². The van der Waals surface area contributed by atoms with Crippen LogP contribution in [-0.4, -0.2) is 11.7 Å². The molecule has 0 heterocycles. The van der Waals surface area contributed by atoms with Crippen LogP contribution in [0, 0.1) is 19.7 Å². The van der Waals surface area contributed by atoms with Crippen molar-refractivity contribution >= 4 is 0 Å². The molecule has 2 aromatic carbocycles. The zero-order chi connectivity index (χ0) is 14.7. The standard InChI is InChI=1S/C17H20FNO/c1-11-6-7-14(8-12(11)2)17(20)16(10-19)13-4-3-5-15(18)9-13/h3-9,16-17,20H,10,19H2,1-2H3. The molecule has 0 aliphatic heterocycles. The van der Waals surface area contributed by atoms with Gasteiger partial charge in [0.15, 0.2) is 0 Å². The molecule has 2 nitrogen and oxygen atoms in total. The van der Waals surface area contributed by atoms with Crippen molar-refractivity contribution in [3.63, 3.8) is 0 Å². The van der Waals surface area contributed by atoms with Crippen molar-refractivity contribution < 1.29 is 9.50 Å². The van der Waals surface area contributed by atoms with Gasteiger partial charge in [-0.1, -0.05) is 30.3 Å². The SMILES string of the molecule is Cc1ccc(C(O)C(CN)c2cccc(F)c2)cc1C. The number of hydrogen-bond donors (Lipinski definition) is 2. The van der Waals surface area contributed by atoms with Gasteiger partial charge in [-0.2, -0.15) is 0 Å². The minimum absolute atomic E-state index is 0.261. The first-order valence-electron chi connectivity index (χ1n) is 6.73. The Morgan fingerprint density at radius 1 is 1.05 bits per heavy atom. The molecule has 0 aromatic heterocycles. The van der Waals surface area contributed by atoms with Crippen LogP contribution in [0.25, 0.3) is 0 Å². The van der Waals surface area contributed by atoms with Gasteiger partial charge in [-0.05, 0) is 48.2 Å². The Balaban J connectivity index is 2.33. The van der Waals surface area contributed by atoms with Crippen LogP contribution < -0.4 is 5.73 Å². The summed E-state index contributed by atoms with van der Waals surface area (Å²) in [7, 11) is 0. The van der Waals surface area contributed by atoms with Gasteiger partial charge in [0.25, 0.3) is 0 Å². The molecule has 0 spiro atoms. The highest BCUT2D eigenvalue weighted by Gasteiger charge is 2.22. The fourth-order valence-corrected chi connectivity index (χ4v) is 2.37.